The van der Waals surface area contributed by atoms with Crippen molar-refractivity contribution < 1.29 is 14.6 Å². The highest BCUT2D eigenvalue weighted by molar-refractivity contribution is 5.94. The van der Waals surface area contributed by atoms with Gasteiger partial charge in [-0.05, 0) is 37.0 Å². The van der Waals surface area contributed by atoms with Gasteiger partial charge in [0.05, 0.1) is 12.2 Å². The van der Waals surface area contributed by atoms with Crippen LogP contribution in [0, 0.1) is 0 Å². The summed E-state index contributed by atoms with van der Waals surface area (Å²) in [5.74, 6) is -0.266. The molecule has 2 aliphatic rings. The number of ether oxygens (including phenoxy) is 1. The molecule has 0 unspecified atom stereocenters. The van der Waals surface area contributed by atoms with Crippen molar-refractivity contribution in [3.8, 4) is 0 Å². The molecule has 4 rings (SSSR count). The van der Waals surface area contributed by atoms with Crippen molar-refractivity contribution in [2.75, 3.05) is 38.0 Å². The largest absolute Gasteiger partial charge is 0.390 e. The molecule has 6 heteroatoms. The zero-order valence-electron chi connectivity index (χ0n) is 18.0. The summed E-state index contributed by atoms with van der Waals surface area (Å²) >= 11 is 0. The summed E-state index contributed by atoms with van der Waals surface area (Å²) in [5, 5.41) is 13.2. The van der Waals surface area contributed by atoms with Gasteiger partial charge in [-0.25, -0.2) is 0 Å². The second kappa shape index (κ2) is 10.9. The van der Waals surface area contributed by atoms with Gasteiger partial charge in [-0.3, -0.25) is 9.69 Å². The highest BCUT2D eigenvalue weighted by atomic mass is 16.5. The van der Waals surface area contributed by atoms with Crippen LogP contribution in [0.25, 0.3) is 0 Å². The molecule has 6 nitrogen and oxygen atoms in total. The van der Waals surface area contributed by atoms with E-state index in [0.29, 0.717) is 6.42 Å². The third-order valence-electron chi connectivity index (χ3n) is 6.25. The number of para-hydroxylation sites is 1. The van der Waals surface area contributed by atoms with Crippen LogP contribution < -0.4 is 5.32 Å². The number of benzene rings is 2. The maximum atomic E-state index is 12.6. The average Bonchev–Trinajstić information content (AvgIpc) is 2.81. The summed E-state index contributed by atoms with van der Waals surface area (Å²) in [6.45, 7) is 6.23. The molecule has 0 saturated carbocycles. The van der Waals surface area contributed by atoms with Crippen LogP contribution >= 0.6 is 0 Å². The Bertz CT molecular complexity index is 809. The van der Waals surface area contributed by atoms with Crippen molar-refractivity contribution in [3.63, 3.8) is 0 Å². The van der Waals surface area contributed by atoms with E-state index in [-0.39, 0.29) is 12.0 Å². The minimum absolute atomic E-state index is 0.0114. The SMILES string of the molecule is O=C(Nc1ccccc1)[C@H]1O[C@@H](CCN2CCN(Cc3ccccc3)CC2)CC[C@@H]1O. The summed E-state index contributed by atoms with van der Waals surface area (Å²) in [6, 6.07) is 19.9. The quantitative estimate of drug-likeness (QED) is 0.717. The van der Waals surface area contributed by atoms with Gasteiger partial charge in [-0.15, -0.1) is 0 Å². The number of aliphatic hydroxyl groups excluding tert-OH is 1. The fourth-order valence-corrected chi connectivity index (χ4v) is 4.40. The monoisotopic (exact) mass is 423 g/mol. The molecule has 2 saturated heterocycles. The number of rotatable bonds is 7. The van der Waals surface area contributed by atoms with Gasteiger partial charge in [0.25, 0.3) is 5.91 Å². The Kier molecular flexibility index (Phi) is 7.70. The number of nitrogens with zero attached hydrogens (tertiary/aromatic N) is 2. The van der Waals surface area contributed by atoms with Crippen LogP contribution in [0.2, 0.25) is 0 Å². The molecule has 0 spiro atoms. The Morgan fingerprint density at radius 2 is 1.58 bits per heavy atom. The standard InChI is InChI=1S/C25H33N3O3/c29-23-12-11-22(31-24(23)25(30)26-21-9-5-2-6-10-21)13-14-27-15-17-28(18-16-27)19-20-7-3-1-4-8-20/h1-10,22-24,29H,11-19H2,(H,26,30)/t22-,23+,24+/m1/s1. The molecule has 0 radical (unpaired) electrons. The molecule has 2 aliphatic heterocycles. The minimum atomic E-state index is -0.804. The second-order valence-corrected chi connectivity index (χ2v) is 8.57. The van der Waals surface area contributed by atoms with Crippen LogP contribution in [0.4, 0.5) is 5.69 Å². The van der Waals surface area contributed by atoms with E-state index in [1.54, 1.807) is 0 Å². The number of amides is 1. The van der Waals surface area contributed by atoms with Crippen LogP contribution in [0.15, 0.2) is 60.7 Å². The van der Waals surface area contributed by atoms with Gasteiger partial charge in [-0.2, -0.15) is 0 Å². The van der Waals surface area contributed by atoms with Gasteiger partial charge < -0.3 is 20.1 Å². The fraction of sp³-hybridized carbons (Fsp3) is 0.480. The molecule has 166 valence electrons. The Hall–Kier alpha value is -2.25. The first-order chi connectivity index (χ1) is 15.2. The number of hydrogen-bond acceptors (Lipinski definition) is 5. The summed E-state index contributed by atoms with van der Waals surface area (Å²) in [6.07, 6.45) is 0.744. The highest BCUT2D eigenvalue weighted by Crippen LogP contribution is 2.24. The molecule has 0 aromatic heterocycles. The predicted molar refractivity (Wildman–Crippen MR) is 122 cm³/mol. The third kappa shape index (κ3) is 6.37. The van der Waals surface area contributed by atoms with Gasteiger partial charge in [0, 0.05) is 45.0 Å². The molecule has 31 heavy (non-hydrogen) atoms. The first kappa shape index (κ1) is 22.0. The lowest BCUT2D eigenvalue weighted by atomic mass is 9.98. The smallest absolute Gasteiger partial charge is 0.256 e. The molecule has 3 atom stereocenters. The predicted octanol–water partition coefficient (Wildman–Crippen LogP) is 2.74. The first-order valence-electron chi connectivity index (χ1n) is 11.4. The van der Waals surface area contributed by atoms with Gasteiger partial charge in [0.2, 0.25) is 0 Å². The van der Waals surface area contributed by atoms with Crippen LogP contribution in [-0.2, 0) is 16.1 Å². The lowest BCUT2D eigenvalue weighted by molar-refractivity contribution is -0.153. The second-order valence-electron chi connectivity index (χ2n) is 8.57. The first-order valence-corrected chi connectivity index (χ1v) is 11.4. The molecule has 2 aromatic rings. The van der Waals surface area contributed by atoms with E-state index in [1.165, 1.54) is 5.56 Å². The Morgan fingerprint density at radius 3 is 2.29 bits per heavy atom. The molecule has 2 N–H and O–H groups in total. The lowest BCUT2D eigenvalue weighted by Gasteiger charge is -2.37. The molecule has 1 amide bonds. The number of anilines is 1. The van der Waals surface area contributed by atoms with Gasteiger partial charge in [0.15, 0.2) is 6.10 Å². The van der Waals surface area contributed by atoms with E-state index in [2.05, 4.69) is 45.4 Å². The molecule has 2 fully saturated rings. The maximum Gasteiger partial charge on any atom is 0.256 e. The fourth-order valence-electron chi connectivity index (χ4n) is 4.40. The zero-order valence-corrected chi connectivity index (χ0v) is 18.0. The van der Waals surface area contributed by atoms with E-state index in [4.69, 9.17) is 4.74 Å². The number of carbonyl (C=O) groups is 1. The van der Waals surface area contributed by atoms with E-state index in [1.807, 2.05) is 30.3 Å². The zero-order chi connectivity index (χ0) is 21.5. The maximum absolute atomic E-state index is 12.6. The number of nitrogens with one attached hydrogen (secondary N) is 1. The van der Waals surface area contributed by atoms with Crippen molar-refractivity contribution in [1.82, 2.24) is 9.80 Å². The topological polar surface area (TPSA) is 65.0 Å². The van der Waals surface area contributed by atoms with E-state index >= 15 is 0 Å². The van der Waals surface area contributed by atoms with Gasteiger partial charge in [0.1, 0.15) is 0 Å². The number of piperazine rings is 1. The number of aliphatic hydroxyl groups is 1. The lowest BCUT2D eigenvalue weighted by Crippen LogP contribution is -2.49. The summed E-state index contributed by atoms with van der Waals surface area (Å²) in [4.78, 5) is 17.6. The van der Waals surface area contributed by atoms with Crippen molar-refractivity contribution in [1.29, 1.82) is 0 Å². The van der Waals surface area contributed by atoms with Gasteiger partial charge in [-0.1, -0.05) is 48.5 Å². The molecule has 2 aromatic carbocycles. The van der Waals surface area contributed by atoms with Crippen LogP contribution in [0.1, 0.15) is 24.8 Å². The Labute approximate surface area is 184 Å². The average molecular weight is 424 g/mol. The van der Waals surface area contributed by atoms with Crippen LogP contribution in [0.5, 0.6) is 0 Å². The van der Waals surface area contributed by atoms with E-state index < -0.39 is 12.2 Å². The minimum Gasteiger partial charge on any atom is -0.390 e. The third-order valence-corrected chi connectivity index (χ3v) is 6.25. The van der Waals surface area contributed by atoms with Crippen molar-refractivity contribution in [2.24, 2.45) is 0 Å². The normalized spacial score (nSPS) is 25.3. The molecule has 2 heterocycles. The molecule has 0 aliphatic carbocycles. The summed E-state index contributed by atoms with van der Waals surface area (Å²) < 4.78 is 6.02. The molecular weight excluding hydrogens is 390 g/mol. The summed E-state index contributed by atoms with van der Waals surface area (Å²) in [7, 11) is 0. The number of carbonyl (C=O) groups excluding carboxylic acids is 1. The van der Waals surface area contributed by atoms with E-state index in [9.17, 15) is 9.90 Å². The van der Waals surface area contributed by atoms with Gasteiger partial charge >= 0.3 is 0 Å². The number of hydrogen-bond donors (Lipinski definition) is 2. The summed E-state index contributed by atoms with van der Waals surface area (Å²) in [5.41, 5.74) is 2.09. The van der Waals surface area contributed by atoms with E-state index in [0.717, 1.165) is 57.8 Å². The van der Waals surface area contributed by atoms with Crippen molar-refractivity contribution in [2.45, 2.75) is 44.1 Å². The highest BCUT2D eigenvalue weighted by Gasteiger charge is 2.35. The van der Waals surface area contributed by atoms with Crippen molar-refractivity contribution >= 4 is 11.6 Å². The Balaban J connectivity index is 1.20. The van der Waals surface area contributed by atoms with Crippen molar-refractivity contribution in [3.05, 3.63) is 66.2 Å². The van der Waals surface area contributed by atoms with Crippen LogP contribution in [0.3, 0.4) is 0 Å². The van der Waals surface area contributed by atoms with Crippen LogP contribution in [-0.4, -0.2) is 71.8 Å². The molecular formula is C25H33N3O3. The Morgan fingerprint density at radius 1 is 0.935 bits per heavy atom. The molecule has 0 bridgehead atoms.